The molecular weight excluding hydrogens is 422 g/mol. The van der Waals surface area contributed by atoms with Gasteiger partial charge in [-0.15, -0.1) is 0 Å². The monoisotopic (exact) mass is 437 g/mol. The van der Waals surface area contributed by atoms with E-state index in [2.05, 4.69) is 61.0 Å². The van der Waals surface area contributed by atoms with Crippen LogP contribution in [0.5, 0.6) is 0 Å². The Hall–Kier alpha value is -1.17. The van der Waals surface area contributed by atoms with Gasteiger partial charge in [0.1, 0.15) is 6.04 Å². The molecule has 1 heterocycles. The predicted molar refractivity (Wildman–Crippen MR) is 97.5 cm³/mol. The van der Waals surface area contributed by atoms with Crippen LogP contribution in [0.3, 0.4) is 0 Å². The van der Waals surface area contributed by atoms with Gasteiger partial charge < -0.3 is 5.11 Å². The molecule has 1 unspecified atom stereocenters. The van der Waals surface area contributed by atoms with Crippen LogP contribution in [0.15, 0.2) is 57.5 Å². The fourth-order valence-electron chi connectivity index (χ4n) is 3.23. The van der Waals surface area contributed by atoms with Crippen molar-refractivity contribution in [3.05, 3.63) is 68.6 Å². The zero-order valence-corrected chi connectivity index (χ0v) is 15.6. The zero-order valence-electron chi connectivity index (χ0n) is 12.5. The fourth-order valence-corrected chi connectivity index (χ4v) is 3.76. The first-order chi connectivity index (χ1) is 11.1. The second-order valence-electron chi connectivity index (χ2n) is 5.74. The lowest BCUT2D eigenvalue weighted by Gasteiger charge is -2.32. The van der Waals surface area contributed by atoms with E-state index in [0.29, 0.717) is 6.42 Å². The van der Waals surface area contributed by atoms with Crippen molar-refractivity contribution in [1.82, 2.24) is 4.90 Å². The van der Waals surface area contributed by atoms with Crippen LogP contribution in [0.4, 0.5) is 0 Å². The molecule has 0 radical (unpaired) electrons. The summed E-state index contributed by atoms with van der Waals surface area (Å²) in [5, 5.41) is 9.56. The SMILES string of the molecule is O=C(O)C1CCCN1C(c1ccc(Br)cc1)c1ccc(Br)cc1. The van der Waals surface area contributed by atoms with Gasteiger partial charge in [-0.1, -0.05) is 56.1 Å². The molecule has 1 atom stereocenters. The normalized spacial score (nSPS) is 18.5. The number of hydrogen-bond donors (Lipinski definition) is 1. The fraction of sp³-hybridized carbons (Fsp3) is 0.278. The molecule has 0 spiro atoms. The van der Waals surface area contributed by atoms with E-state index in [9.17, 15) is 9.90 Å². The molecular formula is C18H17Br2NO2. The van der Waals surface area contributed by atoms with Gasteiger partial charge >= 0.3 is 5.97 Å². The minimum Gasteiger partial charge on any atom is -0.480 e. The van der Waals surface area contributed by atoms with Crippen LogP contribution in [-0.2, 0) is 4.79 Å². The Labute approximate surface area is 152 Å². The van der Waals surface area contributed by atoms with Gasteiger partial charge in [-0.2, -0.15) is 0 Å². The smallest absolute Gasteiger partial charge is 0.320 e. The molecule has 2 aromatic rings. The summed E-state index contributed by atoms with van der Waals surface area (Å²) in [5.41, 5.74) is 2.23. The average molecular weight is 439 g/mol. The van der Waals surface area contributed by atoms with E-state index in [0.717, 1.165) is 33.0 Å². The molecule has 3 rings (SSSR count). The Balaban J connectivity index is 2.04. The van der Waals surface area contributed by atoms with E-state index < -0.39 is 12.0 Å². The molecule has 1 N–H and O–H groups in total. The molecule has 5 heteroatoms. The molecule has 120 valence electrons. The number of rotatable bonds is 4. The van der Waals surface area contributed by atoms with Crippen molar-refractivity contribution in [3.63, 3.8) is 0 Å². The number of benzene rings is 2. The van der Waals surface area contributed by atoms with Gasteiger partial charge in [0.2, 0.25) is 0 Å². The largest absolute Gasteiger partial charge is 0.480 e. The number of nitrogens with zero attached hydrogens (tertiary/aromatic N) is 1. The highest BCUT2D eigenvalue weighted by Crippen LogP contribution is 2.35. The third-order valence-electron chi connectivity index (χ3n) is 4.28. The van der Waals surface area contributed by atoms with Gasteiger partial charge in [-0.3, -0.25) is 9.69 Å². The van der Waals surface area contributed by atoms with Crippen molar-refractivity contribution in [2.24, 2.45) is 0 Å². The van der Waals surface area contributed by atoms with Crippen LogP contribution >= 0.6 is 31.9 Å². The van der Waals surface area contributed by atoms with Gasteiger partial charge in [0, 0.05) is 15.5 Å². The van der Waals surface area contributed by atoms with Crippen LogP contribution in [-0.4, -0.2) is 28.6 Å². The van der Waals surface area contributed by atoms with Crippen LogP contribution in [0.25, 0.3) is 0 Å². The van der Waals surface area contributed by atoms with Gasteiger partial charge in [-0.25, -0.2) is 0 Å². The summed E-state index contributed by atoms with van der Waals surface area (Å²) in [6, 6.07) is 15.8. The highest BCUT2D eigenvalue weighted by molar-refractivity contribution is 9.10. The minimum absolute atomic E-state index is 0.0419. The first-order valence-corrected chi connectivity index (χ1v) is 9.14. The molecule has 2 aromatic carbocycles. The second-order valence-corrected chi connectivity index (χ2v) is 7.57. The molecule has 23 heavy (non-hydrogen) atoms. The van der Waals surface area contributed by atoms with Crippen molar-refractivity contribution >= 4 is 37.8 Å². The Morgan fingerprint density at radius 3 is 1.91 bits per heavy atom. The Morgan fingerprint density at radius 1 is 1.00 bits per heavy atom. The van der Waals surface area contributed by atoms with Gasteiger partial charge in [0.15, 0.2) is 0 Å². The van der Waals surface area contributed by atoms with Crippen LogP contribution in [0.1, 0.15) is 30.0 Å². The van der Waals surface area contributed by atoms with Crippen molar-refractivity contribution in [2.45, 2.75) is 24.9 Å². The van der Waals surface area contributed by atoms with E-state index in [1.54, 1.807) is 0 Å². The topological polar surface area (TPSA) is 40.5 Å². The molecule has 0 bridgehead atoms. The van der Waals surface area contributed by atoms with Crippen LogP contribution in [0.2, 0.25) is 0 Å². The van der Waals surface area contributed by atoms with E-state index in [1.807, 2.05) is 24.3 Å². The first kappa shape index (κ1) is 16.7. The Kier molecular flexibility index (Phi) is 5.19. The second kappa shape index (κ2) is 7.16. The third kappa shape index (κ3) is 3.67. The van der Waals surface area contributed by atoms with Crippen molar-refractivity contribution in [1.29, 1.82) is 0 Å². The number of aliphatic carboxylic acids is 1. The maximum absolute atomic E-state index is 11.6. The zero-order chi connectivity index (χ0) is 16.4. The molecule has 0 aliphatic carbocycles. The van der Waals surface area contributed by atoms with E-state index in [-0.39, 0.29) is 6.04 Å². The van der Waals surface area contributed by atoms with Crippen molar-refractivity contribution in [2.75, 3.05) is 6.54 Å². The standard InChI is InChI=1S/C18H17Br2NO2/c19-14-7-3-12(4-8-14)17(13-5-9-15(20)10-6-13)21-11-1-2-16(21)18(22)23/h3-10,16-17H,1-2,11H2,(H,22,23). The molecule has 1 fully saturated rings. The maximum atomic E-state index is 11.6. The van der Waals surface area contributed by atoms with Gasteiger partial charge in [-0.05, 0) is 48.2 Å². The molecule has 1 saturated heterocycles. The quantitative estimate of drug-likeness (QED) is 0.741. The Morgan fingerprint density at radius 2 is 1.48 bits per heavy atom. The summed E-state index contributed by atoms with van der Waals surface area (Å²) >= 11 is 6.93. The van der Waals surface area contributed by atoms with Crippen molar-refractivity contribution in [3.8, 4) is 0 Å². The summed E-state index contributed by atoms with van der Waals surface area (Å²) in [6.07, 6.45) is 1.62. The van der Waals surface area contributed by atoms with E-state index in [4.69, 9.17) is 0 Å². The predicted octanol–water partition coefficient (Wildman–Crippen LogP) is 4.85. The number of hydrogen-bond acceptors (Lipinski definition) is 2. The highest BCUT2D eigenvalue weighted by atomic mass is 79.9. The maximum Gasteiger partial charge on any atom is 0.320 e. The molecule has 0 amide bonds. The number of carboxylic acids is 1. The number of halogens is 2. The van der Waals surface area contributed by atoms with Crippen LogP contribution < -0.4 is 0 Å². The lowest BCUT2D eigenvalue weighted by atomic mass is 9.96. The molecule has 0 aromatic heterocycles. The van der Waals surface area contributed by atoms with E-state index >= 15 is 0 Å². The molecule has 1 aliphatic heterocycles. The van der Waals surface area contributed by atoms with Crippen molar-refractivity contribution < 1.29 is 9.90 Å². The summed E-state index contributed by atoms with van der Waals surface area (Å²) in [6.45, 7) is 0.799. The lowest BCUT2D eigenvalue weighted by Crippen LogP contribution is -2.39. The average Bonchev–Trinajstić information content (AvgIpc) is 3.01. The summed E-state index contributed by atoms with van der Waals surface area (Å²) in [4.78, 5) is 13.7. The highest BCUT2D eigenvalue weighted by Gasteiger charge is 2.36. The summed E-state index contributed by atoms with van der Waals surface area (Å²) in [5.74, 6) is -0.735. The third-order valence-corrected chi connectivity index (χ3v) is 5.34. The van der Waals surface area contributed by atoms with Crippen LogP contribution in [0, 0.1) is 0 Å². The summed E-state index contributed by atoms with van der Waals surface area (Å²) in [7, 11) is 0. The number of likely N-dealkylation sites (tertiary alicyclic amines) is 1. The molecule has 1 aliphatic rings. The summed E-state index contributed by atoms with van der Waals surface area (Å²) < 4.78 is 2.04. The molecule has 3 nitrogen and oxygen atoms in total. The molecule has 0 saturated carbocycles. The minimum atomic E-state index is -0.735. The first-order valence-electron chi connectivity index (χ1n) is 7.56. The number of carboxylic acid groups (broad SMARTS) is 1. The van der Waals surface area contributed by atoms with Gasteiger partial charge in [0.25, 0.3) is 0 Å². The lowest BCUT2D eigenvalue weighted by molar-refractivity contribution is -0.142. The van der Waals surface area contributed by atoms with Gasteiger partial charge in [0.05, 0.1) is 6.04 Å². The van der Waals surface area contributed by atoms with E-state index in [1.165, 1.54) is 0 Å². The Bertz CT molecular complexity index is 640. The number of carbonyl (C=O) groups is 1.